The van der Waals surface area contributed by atoms with Crippen LogP contribution in [-0.2, 0) is 0 Å². The van der Waals surface area contributed by atoms with Gasteiger partial charge in [0.25, 0.3) is 0 Å². The lowest BCUT2D eigenvalue weighted by molar-refractivity contribution is 0.452. The van der Waals surface area contributed by atoms with E-state index in [1.54, 1.807) is 0 Å². The topological polar surface area (TPSA) is 13.1 Å². The number of rotatable bonds is 2. The number of hydrogen-bond acceptors (Lipinski definition) is 1. The Hall–Kier alpha value is -0.240. The normalized spacial score (nSPS) is 13.5. The van der Waals surface area contributed by atoms with Gasteiger partial charge in [0.15, 0.2) is 4.67 Å². The predicted octanol–water partition coefficient (Wildman–Crippen LogP) is 3.56. The molecule has 1 nitrogen and oxygen atoms in total. The zero-order valence-electron chi connectivity index (χ0n) is 6.23. The van der Waals surface area contributed by atoms with Gasteiger partial charge in [-0.2, -0.15) is 0 Å². The second-order valence-corrected chi connectivity index (χ2v) is 3.23. The Morgan fingerprint density at radius 3 is 2.70 bits per heavy atom. The summed E-state index contributed by atoms with van der Waals surface area (Å²) in [6.45, 7) is 4.31. The lowest BCUT2D eigenvalue weighted by Gasteiger charge is -2.01. The largest absolute Gasteiger partial charge is 0.454 e. The van der Waals surface area contributed by atoms with Gasteiger partial charge in [-0.25, -0.2) is 0 Å². The van der Waals surface area contributed by atoms with Gasteiger partial charge in [-0.05, 0) is 34.5 Å². The molecule has 0 aliphatic rings. The minimum atomic E-state index is 0.534. The summed E-state index contributed by atoms with van der Waals surface area (Å²) in [5.74, 6) is 1.60. The maximum Gasteiger partial charge on any atom is 0.169 e. The molecule has 0 N–H and O–H groups in total. The third-order valence-corrected chi connectivity index (χ3v) is 2.12. The summed E-state index contributed by atoms with van der Waals surface area (Å²) in [5.41, 5.74) is 0. The van der Waals surface area contributed by atoms with E-state index in [9.17, 15) is 0 Å². The van der Waals surface area contributed by atoms with E-state index < -0.39 is 0 Å². The van der Waals surface area contributed by atoms with E-state index >= 15 is 0 Å². The Kier molecular flexibility index (Phi) is 2.55. The van der Waals surface area contributed by atoms with Gasteiger partial charge >= 0.3 is 0 Å². The first-order chi connectivity index (χ1) is 4.74. The van der Waals surface area contributed by atoms with Gasteiger partial charge in [0.2, 0.25) is 0 Å². The zero-order chi connectivity index (χ0) is 7.56. The third-order valence-electron chi connectivity index (χ3n) is 1.69. The average molecular weight is 203 g/mol. The molecule has 2 heteroatoms. The van der Waals surface area contributed by atoms with Crippen LogP contribution in [0.4, 0.5) is 0 Å². The van der Waals surface area contributed by atoms with Crippen molar-refractivity contribution in [3.63, 3.8) is 0 Å². The van der Waals surface area contributed by atoms with Gasteiger partial charge in [0, 0.05) is 5.92 Å². The van der Waals surface area contributed by atoms with Gasteiger partial charge in [-0.1, -0.05) is 13.8 Å². The predicted molar refractivity (Wildman–Crippen MR) is 45.1 cm³/mol. The van der Waals surface area contributed by atoms with Crippen LogP contribution in [0.2, 0.25) is 0 Å². The smallest absolute Gasteiger partial charge is 0.169 e. The summed E-state index contributed by atoms with van der Waals surface area (Å²) in [7, 11) is 0. The first-order valence-electron chi connectivity index (χ1n) is 3.49. The molecule has 56 valence electrons. The maximum atomic E-state index is 5.35. The second kappa shape index (κ2) is 3.24. The van der Waals surface area contributed by atoms with E-state index in [0.717, 1.165) is 16.9 Å². The number of halogens is 1. The maximum absolute atomic E-state index is 5.35. The summed E-state index contributed by atoms with van der Waals surface area (Å²) >= 11 is 3.26. The minimum Gasteiger partial charge on any atom is -0.454 e. The molecule has 0 spiro atoms. The quantitative estimate of drug-likeness (QED) is 0.716. The van der Waals surface area contributed by atoms with Crippen molar-refractivity contribution in [2.45, 2.75) is 26.2 Å². The van der Waals surface area contributed by atoms with Crippen molar-refractivity contribution >= 4 is 15.9 Å². The van der Waals surface area contributed by atoms with Crippen LogP contribution in [0.3, 0.4) is 0 Å². The fourth-order valence-corrected chi connectivity index (χ4v) is 1.11. The van der Waals surface area contributed by atoms with E-state index in [4.69, 9.17) is 4.42 Å². The fourth-order valence-electron chi connectivity index (χ4n) is 0.794. The molecule has 1 unspecified atom stereocenters. The van der Waals surface area contributed by atoms with Gasteiger partial charge in [-0.15, -0.1) is 0 Å². The molecule has 0 aliphatic carbocycles. The lowest BCUT2D eigenvalue weighted by Crippen LogP contribution is -1.86. The average Bonchev–Trinajstić information content (AvgIpc) is 2.34. The lowest BCUT2D eigenvalue weighted by atomic mass is 10.1. The molecule has 0 amide bonds. The molecular formula is C8H11BrO. The minimum absolute atomic E-state index is 0.534. The molecule has 1 rings (SSSR count). The first-order valence-corrected chi connectivity index (χ1v) is 4.28. The molecule has 0 radical (unpaired) electrons. The van der Waals surface area contributed by atoms with Crippen molar-refractivity contribution in [1.82, 2.24) is 0 Å². The zero-order valence-corrected chi connectivity index (χ0v) is 7.81. The molecule has 0 aliphatic heterocycles. The third kappa shape index (κ3) is 1.63. The molecule has 1 aromatic rings. The molecule has 0 saturated carbocycles. The van der Waals surface area contributed by atoms with Crippen LogP contribution in [-0.4, -0.2) is 0 Å². The molecule has 1 aromatic heterocycles. The van der Waals surface area contributed by atoms with Gasteiger partial charge in [0.1, 0.15) is 5.76 Å². The van der Waals surface area contributed by atoms with Gasteiger partial charge in [-0.3, -0.25) is 0 Å². The van der Waals surface area contributed by atoms with Crippen LogP contribution in [0.15, 0.2) is 21.2 Å². The van der Waals surface area contributed by atoms with Crippen molar-refractivity contribution in [3.8, 4) is 0 Å². The molecular weight excluding hydrogens is 192 g/mol. The Morgan fingerprint density at radius 1 is 1.60 bits per heavy atom. The fraction of sp³-hybridized carbons (Fsp3) is 0.500. The van der Waals surface area contributed by atoms with E-state index in [0.29, 0.717) is 5.92 Å². The molecule has 0 bridgehead atoms. The Morgan fingerprint density at radius 2 is 2.30 bits per heavy atom. The van der Waals surface area contributed by atoms with Crippen LogP contribution < -0.4 is 0 Å². The SMILES string of the molecule is CCC(C)c1ccc(Br)o1. The molecule has 1 atom stereocenters. The second-order valence-electron chi connectivity index (χ2n) is 2.45. The van der Waals surface area contributed by atoms with Crippen LogP contribution in [0, 0.1) is 0 Å². The van der Waals surface area contributed by atoms with Crippen molar-refractivity contribution in [3.05, 3.63) is 22.6 Å². The Labute approximate surface area is 69.6 Å². The van der Waals surface area contributed by atoms with Crippen LogP contribution in [0.5, 0.6) is 0 Å². The van der Waals surface area contributed by atoms with E-state index in [1.165, 1.54) is 0 Å². The van der Waals surface area contributed by atoms with E-state index in [2.05, 4.69) is 29.8 Å². The highest BCUT2D eigenvalue weighted by molar-refractivity contribution is 9.10. The van der Waals surface area contributed by atoms with Gasteiger partial charge < -0.3 is 4.42 Å². The summed E-state index contributed by atoms with van der Waals surface area (Å²) in [4.78, 5) is 0. The monoisotopic (exact) mass is 202 g/mol. The number of furan rings is 1. The molecule has 0 aromatic carbocycles. The Balaban J connectivity index is 2.74. The van der Waals surface area contributed by atoms with Crippen LogP contribution >= 0.6 is 15.9 Å². The summed E-state index contributed by atoms with van der Waals surface area (Å²) < 4.78 is 6.17. The van der Waals surface area contributed by atoms with Crippen LogP contribution in [0.25, 0.3) is 0 Å². The highest BCUT2D eigenvalue weighted by Crippen LogP contribution is 2.23. The molecule has 0 saturated heterocycles. The van der Waals surface area contributed by atoms with Gasteiger partial charge in [0.05, 0.1) is 0 Å². The van der Waals surface area contributed by atoms with E-state index in [-0.39, 0.29) is 0 Å². The summed E-state index contributed by atoms with van der Waals surface area (Å²) in [5, 5.41) is 0. The van der Waals surface area contributed by atoms with Crippen LogP contribution in [0.1, 0.15) is 31.9 Å². The molecule has 1 heterocycles. The Bertz CT molecular complexity index is 205. The van der Waals surface area contributed by atoms with E-state index in [1.807, 2.05) is 12.1 Å². The number of hydrogen-bond donors (Lipinski definition) is 0. The summed E-state index contributed by atoms with van der Waals surface area (Å²) in [6.07, 6.45) is 1.12. The molecule has 0 fully saturated rings. The highest BCUT2D eigenvalue weighted by atomic mass is 79.9. The van der Waals surface area contributed by atoms with Crippen molar-refractivity contribution in [2.75, 3.05) is 0 Å². The molecule has 10 heavy (non-hydrogen) atoms. The standard InChI is InChI=1S/C8H11BrO/c1-3-6(2)7-4-5-8(9)10-7/h4-6H,3H2,1-2H3. The highest BCUT2D eigenvalue weighted by Gasteiger charge is 2.05. The van der Waals surface area contributed by atoms with Crippen molar-refractivity contribution in [1.29, 1.82) is 0 Å². The van der Waals surface area contributed by atoms with Crippen molar-refractivity contribution in [2.24, 2.45) is 0 Å². The summed E-state index contributed by atoms with van der Waals surface area (Å²) in [6, 6.07) is 3.94. The first kappa shape index (κ1) is 7.86. The van der Waals surface area contributed by atoms with Crippen molar-refractivity contribution < 1.29 is 4.42 Å².